The monoisotopic (exact) mass is 391 g/mol. The lowest BCUT2D eigenvalue weighted by molar-refractivity contribution is 0.0123. The zero-order valence-electron chi connectivity index (χ0n) is 14.4. The summed E-state index contributed by atoms with van der Waals surface area (Å²) in [4.78, 5) is 27.2. The average Bonchev–Trinajstić information content (AvgIpc) is 2.45. The summed E-state index contributed by atoms with van der Waals surface area (Å²) >= 11 is 0. The Morgan fingerprint density at radius 3 is 2.21 bits per heavy atom. The summed E-state index contributed by atoms with van der Waals surface area (Å²) in [6, 6.07) is 0. The van der Waals surface area contributed by atoms with Crippen molar-refractivity contribution in [2.45, 2.75) is 58.4 Å². The van der Waals surface area contributed by atoms with Gasteiger partial charge in [-0.1, -0.05) is 27.2 Å². The second-order valence-electron chi connectivity index (χ2n) is 5.88. The SMILES string of the molecule is CCC(C)CCOP(=O)(O)OC(C)(CC)C([B]F)COP(=O)(O)O. The topological polar surface area (TPSA) is 123 Å². The van der Waals surface area contributed by atoms with Crippen LogP contribution in [0.15, 0.2) is 0 Å². The zero-order valence-corrected chi connectivity index (χ0v) is 16.2. The van der Waals surface area contributed by atoms with Gasteiger partial charge in [0.2, 0.25) is 0 Å². The fraction of sp³-hybridized carbons (Fsp3) is 1.00. The molecule has 24 heavy (non-hydrogen) atoms. The Kier molecular flexibility index (Phi) is 10.5. The van der Waals surface area contributed by atoms with Crippen molar-refractivity contribution in [3.05, 3.63) is 0 Å². The van der Waals surface area contributed by atoms with Gasteiger partial charge in [-0.2, -0.15) is 0 Å². The van der Waals surface area contributed by atoms with Crippen LogP contribution in [-0.2, 0) is 22.7 Å². The molecule has 143 valence electrons. The van der Waals surface area contributed by atoms with Gasteiger partial charge in [0.15, 0.2) is 0 Å². The lowest BCUT2D eigenvalue weighted by atomic mass is 9.70. The van der Waals surface area contributed by atoms with E-state index in [2.05, 4.69) is 4.52 Å². The highest BCUT2D eigenvalue weighted by atomic mass is 31.2. The Labute approximate surface area is 143 Å². The van der Waals surface area contributed by atoms with Crippen molar-refractivity contribution < 1.29 is 41.7 Å². The molecule has 0 fully saturated rings. The minimum atomic E-state index is -4.80. The highest BCUT2D eigenvalue weighted by Gasteiger charge is 2.42. The van der Waals surface area contributed by atoms with Crippen LogP contribution in [-0.4, -0.2) is 41.1 Å². The molecule has 12 heteroatoms. The molecular formula is C12H27BFO8P2. The molecular weight excluding hydrogens is 364 g/mol. The van der Waals surface area contributed by atoms with Crippen molar-refractivity contribution in [3.63, 3.8) is 0 Å². The number of phosphoric ester groups is 2. The zero-order chi connectivity index (χ0) is 19.0. The number of hydrogen-bond donors (Lipinski definition) is 3. The van der Waals surface area contributed by atoms with E-state index in [-0.39, 0.29) is 20.6 Å². The quantitative estimate of drug-likeness (QED) is 0.323. The maximum atomic E-state index is 13.1. The summed E-state index contributed by atoms with van der Waals surface area (Å²) < 4.78 is 50.2. The molecule has 0 heterocycles. The van der Waals surface area contributed by atoms with Crippen LogP contribution in [0.1, 0.15) is 47.0 Å². The molecule has 8 nitrogen and oxygen atoms in total. The van der Waals surface area contributed by atoms with E-state index >= 15 is 0 Å². The maximum absolute atomic E-state index is 13.1. The van der Waals surface area contributed by atoms with Gasteiger partial charge in [-0.25, -0.2) is 9.13 Å². The smallest absolute Gasteiger partial charge is 0.342 e. The van der Waals surface area contributed by atoms with Gasteiger partial charge in [0.05, 0.1) is 18.8 Å². The van der Waals surface area contributed by atoms with Crippen molar-refractivity contribution in [1.29, 1.82) is 0 Å². The molecule has 0 aliphatic heterocycles. The molecule has 0 saturated heterocycles. The minimum Gasteiger partial charge on any atom is -0.342 e. The molecule has 0 amide bonds. The van der Waals surface area contributed by atoms with Crippen molar-refractivity contribution in [3.8, 4) is 0 Å². The Morgan fingerprint density at radius 1 is 1.21 bits per heavy atom. The molecule has 0 aliphatic carbocycles. The van der Waals surface area contributed by atoms with Crippen LogP contribution in [0, 0.1) is 5.92 Å². The third-order valence-corrected chi connectivity index (χ3v) is 5.59. The summed E-state index contributed by atoms with van der Waals surface area (Å²) in [5.41, 5.74) is -1.54. The summed E-state index contributed by atoms with van der Waals surface area (Å²) in [6.07, 6.45) is 1.54. The second-order valence-corrected chi connectivity index (χ2v) is 8.50. The first-order chi connectivity index (χ1) is 10.9. The van der Waals surface area contributed by atoms with Gasteiger partial charge >= 0.3 is 23.2 Å². The van der Waals surface area contributed by atoms with E-state index in [4.69, 9.17) is 18.8 Å². The van der Waals surface area contributed by atoms with Gasteiger partial charge in [-0.3, -0.25) is 13.6 Å². The molecule has 0 aromatic heterocycles. The van der Waals surface area contributed by atoms with E-state index in [1.807, 2.05) is 13.8 Å². The van der Waals surface area contributed by atoms with E-state index in [0.29, 0.717) is 12.3 Å². The summed E-state index contributed by atoms with van der Waals surface area (Å²) in [5.74, 6) is -0.958. The molecule has 0 bridgehead atoms. The maximum Gasteiger partial charge on any atom is 0.472 e. The van der Waals surface area contributed by atoms with Gasteiger partial charge in [-0.15, -0.1) is 0 Å². The van der Waals surface area contributed by atoms with Crippen LogP contribution < -0.4 is 0 Å². The van der Waals surface area contributed by atoms with Crippen LogP contribution in [0.2, 0.25) is 5.82 Å². The third-order valence-electron chi connectivity index (χ3n) is 3.95. The van der Waals surface area contributed by atoms with E-state index in [0.717, 1.165) is 6.42 Å². The summed E-state index contributed by atoms with van der Waals surface area (Å²) in [5, 5.41) is 0. The van der Waals surface area contributed by atoms with Crippen LogP contribution in [0.4, 0.5) is 4.32 Å². The highest BCUT2D eigenvalue weighted by Crippen LogP contribution is 2.52. The second kappa shape index (κ2) is 10.4. The fourth-order valence-electron chi connectivity index (χ4n) is 1.78. The van der Waals surface area contributed by atoms with Gasteiger partial charge in [0, 0.05) is 5.82 Å². The van der Waals surface area contributed by atoms with Crippen molar-refractivity contribution in [2.75, 3.05) is 13.2 Å². The van der Waals surface area contributed by atoms with Crippen LogP contribution in [0.3, 0.4) is 0 Å². The largest absolute Gasteiger partial charge is 0.472 e. The summed E-state index contributed by atoms with van der Waals surface area (Å²) in [7, 11) is -9.14. The molecule has 3 N–H and O–H groups in total. The van der Waals surface area contributed by atoms with Crippen LogP contribution >= 0.6 is 15.6 Å². The molecule has 0 rings (SSSR count). The van der Waals surface area contributed by atoms with Crippen molar-refractivity contribution >= 4 is 23.2 Å². The third kappa shape index (κ3) is 9.63. The first-order valence-electron chi connectivity index (χ1n) is 7.70. The van der Waals surface area contributed by atoms with E-state index < -0.39 is 33.7 Å². The van der Waals surface area contributed by atoms with Crippen LogP contribution in [0.25, 0.3) is 0 Å². The van der Waals surface area contributed by atoms with Gasteiger partial charge in [0.1, 0.15) is 0 Å². The fourth-order valence-corrected chi connectivity index (χ4v) is 3.32. The number of phosphoric acid groups is 2. The first kappa shape index (κ1) is 24.2. The number of hydrogen-bond acceptors (Lipinski definition) is 5. The molecule has 0 aromatic carbocycles. The van der Waals surface area contributed by atoms with Crippen molar-refractivity contribution in [1.82, 2.24) is 0 Å². The number of halogens is 1. The normalized spacial score (nSPS) is 20.0. The Balaban J connectivity index is 4.86. The lowest BCUT2D eigenvalue weighted by Crippen LogP contribution is -2.37. The first-order valence-corrected chi connectivity index (χ1v) is 10.7. The van der Waals surface area contributed by atoms with E-state index in [9.17, 15) is 18.3 Å². The average molecular weight is 391 g/mol. The van der Waals surface area contributed by atoms with E-state index in [1.54, 1.807) is 6.92 Å². The molecule has 4 unspecified atom stereocenters. The van der Waals surface area contributed by atoms with Crippen molar-refractivity contribution in [2.24, 2.45) is 5.92 Å². The Morgan fingerprint density at radius 2 is 1.79 bits per heavy atom. The van der Waals surface area contributed by atoms with Gasteiger partial charge in [-0.05, 0) is 25.7 Å². The molecule has 0 aliphatic rings. The molecule has 0 aromatic rings. The molecule has 0 spiro atoms. The predicted molar refractivity (Wildman–Crippen MR) is 88.2 cm³/mol. The highest BCUT2D eigenvalue weighted by molar-refractivity contribution is 7.47. The van der Waals surface area contributed by atoms with Gasteiger partial charge < -0.3 is 19.0 Å². The van der Waals surface area contributed by atoms with E-state index in [1.165, 1.54) is 6.92 Å². The lowest BCUT2D eigenvalue weighted by Gasteiger charge is -2.35. The number of rotatable bonds is 13. The Bertz CT molecular complexity index is 462. The molecule has 0 saturated carbocycles. The molecule has 1 radical (unpaired) electrons. The van der Waals surface area contributed by atoms with Gasteiger partial charge in [0.25, 0.3) is 0 Å². The van der Waals surface area contributed by atoms with Crippen LogP contribution in [0.5, 0.6) is 0 Å². The molecule has 4 atom stereocenters. The Hall–Kier alpha value is 0.215. The minimum absolute atomic E-state index is 0.00552. The summed E-state index contributed by atoms with van der Waals surface area (Å²) in [6.45, 7) is 6.17. The standard InChI is InChI=1S/C12H27BFO8P2/c1-5-10(3)7-8-20-24(18,19)22-12(4,6-2)11(13-14)9-21-23(15,16)17/h10-11H,5-9H2,1-4H3,(H,18,19)(H2,15,16,17). The predicted octanol–water partition coefficient (Wildman–Crippen LogP) is 3.21.